The molecule has 0 aromatic heterocycles. The van der Waals surface area contributed by atoms with Crippen LogP contribution in [0.25, 0.3) is 0 Å². The van der Waals surface area contributed by atoms with Crippen molar-refractivity contribution >= 4 is 23.9 Å². The van der Waals surface area contributed by atoms with Crippen LogP contribution in [0.1, 0.15) is 125 Å². The average Bonchev–Trinajstić information content (AvgIpc) is 2.88. The van der Waals surface area contributed by atoms with Crippen LogP contribution in [-0.2, 0) is 38.1 Å². The number of rotatable bonds is 19. The quantitative estimate of drug-likeness (QED) is 0.116. The molecule has 0 amide bonds. The van der Waals surface area contributed by atoms with E-state index in [0.29, 0.717) is 32.2 Å². The second kappa shape index (κ2) is 19.8. The van der Waals surface area contributed by atoms with Gasteiger partial charge in [-0.25, -0.2) is 0 Å². The normalized spacial score (nSPS) is 22.1. The van der Waals surface area contributed by atoms with Crippen molar-refractivity contribution in [3.05, 3.63) is 0 Å². The van der Waals surface area contributed by atoms with Crippen LogP contribution in [0.4, 0.5) is 0 Å². The zero-order valence-corrected chi connectivity index (χ0v) is 25.2. The molecule has 0 radical (unpaired) electrons. The Morgan fingerprint density at radius 3 is 1.69 bits per heavy atom. The van der Waals surface area contributed by atoms with Crippen LogP contribution in [-0.4, -0.2) is 72.3 Å². The van der Waals surface area contributed by atoms with Gasteiger partial charge in [0, 0.05) is 38.3 Å². The number of carbonyl (C=O) groups excluding carboxylic acids is 4. The molecule has 0 aromatic rings. The second-order valence-electron chi connectivity index (χ2n) is 10.4. The van der Waals surface area contributed by atoms with Gasteiger partial charge in [0.25, 0.3) is 0 Å². The third-order valence-electron chi connectivity index (χ3n) is 7.02. The SMILES string of the molecule is CCCCCC(CC)N1C[C@H](OC(=O)CCC)[C@@H](OC(=O)CCC)[C@H](OC(=O)CCC)[C@H]1COC(=O)CCC. The summed E-state index contributed by atoms with van der Waals surface area (Å²) < 4.78 is 23.5. The lowest BCUT2D eigenvalue weighted by molar-refractivity contribution is -0.213. The van der Waals surface area contributed by atoms with E-state index in [2.05, 4.69) is 18.7 Å². The minimum Gasteiger partial charge on any atom is -0.464 e. The van der Waals surface area contributed by atoms with Gasteiger partial charge in [0.1, 0.15) is 6.61 Å². The van der Waals surface area contributed by atoms with Gasteiger partial charge in [0.15, 0.2) is 18.3 Å². The molecule has 0 aliphatic carbocycles. The van der Waals surface area contributed by atoms with E-state index in [1.54, 1.807) is 0 Å². The van der Waals surface area contributed by atoms with Crippen LogP contribution < -0.4 is 0 Å². The van der Waals surface area contributed by atoms with Gasteiger partial charge in [-0.2, -0.15) is 0 Å². The van der Waals surface area contributed by atoms with Crippen molar-refractivity contribution in [2.45, 2.75) is 155 Å². The largest absolute Gasteiger partial charge is 0.464 e. The van der Waals surface area contributed by atoms with Gasteiger partial charge in [-0.15, -0.1) is 0 Å². The van der Waals surface area contributed by atoms with Gasteiger partial charge in [-0.1, -0.05) is 60.8 Å². The van der Waals surface area contributed by atoms with Gasteiger partial charge >= 0.3 is 23.9 Å². The minimum atomic E-state index is -0.995. The summed E-state index contributed by atoms with van der Waals surface area (Å²) in [7, 11) is 0. The fourth-order valence-electron chi connectivity index (χ4n) is 5.02. The average molecular weight is 556 g/mol. The molecule has 5 atom stereocenters. The molecular formula is C30H53NO8. The predicted octanol–water partition coefficient (Wildman–Crippen LogP) is 5.51. The Morgan fingerprint density at radius 1 is 0.667 bits per heavy atom. The molecule has 9 heteroatoms. The summed E-state index contributed by atoms with van der Waals surface area (Å²) in [6.07, 6.45) is 5.50. The molecule has 0 spiro atoms. The highest BCUT2D eigenvalue weighted by Gasteiger charge is 2.51. The standard InChI is InChI=1S/C30H53NO8/c1-7-13-14-19-22(12-6)31-20-24(37-26(33)16-9-3)30(39-28(35)18-11-5)29(38-27(34)17-10-4)23(31)21-36-25(32)15-8-2/h22-24,29-30H,7-21H2,1-6H3/t22?,23-,24+,29-,30-/m1/s1. The molecule has 1 aliphatic rings. The molecule has 0 N–H and O–H groups in total. The van der Waals surface area contributed by atoms with Crippen molar-refractivity contribution in [1.82, 2.24) is 4.90 Å². The molecule has 9 nitrogen and oxygen atoms in total. The summed E-state index contributed by atoms with van der Waals surface area (Å²) in [5.41, 5.74) is 0. The first kappa shape index (κ1) is 34.9. The lowest BCUT2D eigenvalue weighted by Crippen LogP contribution is -2.67. The van der Waals surface area contributed by atoms with Gasteiger partial charge in [0.2, 0.25) is 0 Å². The zero-order chi connectivity index (χ0) is 29.2. The van der Waals surface area contributed by atoms with Crippen LogP contribution in [0.5, 0.6) is 0 Å². The highest BCUT2D eigenvalue weighted by Crippen LogP contribution is 2.32. The maximum Gasteiger partial charge on any atom is 0.306 e. The Balaban J connectivity index is 3.54. The summed E-state index contributed by atoms with van der Waals surface area (Å²) in [6.45, 7) is 12.1. The zero-order valence-electron chi connectivity index (χ0n) is 25.2. The molecule has 0 saturated carbocycles. The summed E-state index contributed by atoms with van der Waals surface area (Å²) in [4.78, 5) is 52.8. The van der Waals surface area contributed by atoms with E-state index in [4.69, 9.17) is 18.9 Å². The highest BCUT2D eigenvalue weighted by molar-refractivity contribution is 5.72. The first-order valence-corrected chi connectivity index (χ1v) is 15.3. The molecule has 39 heavy (non-hydrogen) atoms. The second-order valence-corrected chi connectivity index (χ2v) is 10.4. The van der Waals surface area contributed by atoms with Crippen molar-refractivity contribution in [1.29, 1.82) is 0 Å². The molecule has 1 heterocycles. The number of nitrogens with zero attached hydrogens (tertiary/aromatic N) is 1. The number of likely N-dealkylation sites (tertiary alicyclic amines) is 1. The smallest absolute Gasteiger partial charge is 0.306 e. The summed E-state index contributed by atoms with van der Waals surface area (Å²) in [5, 5.41) is 0. The van der Waals surface area contributed by atoms with Crippen LogP contribution >= 0.6 is 0 Å². The number of hydrogen-bond donors (Lipinski definition) is 0. The molecule has 1 rings (SSSR count). The molecular weight excluding hydrogens is 502 g/mol. The molecule has 1 aliphatic heterocycles. The monoisotopic (exact) mass is 555 g/mol. The summed E-state index contributed by atoms with van der Waals surface area (Å²) in [6, 6.07) is -0.461. The van der Waals surface area contributed by atoms with Gasteiger partial charge in [-0.3, -0.25) is 24.1 Å². The van der Waals surface area contributed by atoms with E-state index in [0.717, 1.165) is 32.1 Å². The lowest BCUT2D eigenvalue weighted by atomic mass is 9.89. The van der Waals surface area contributed by atoms with E-state index < -0.39 is 36.3 Å². The van der Waals surface area contributed by atoms with Crippen molar-refractivity contribution in [2.24, 2.45) is 0 Å². The predicted molar refractivity (Wildman–Crippen MR) is 149 cm³/mol. The fraction of sp³-hybridized carbons (Fsp3) is 0.867. The highest BCUT2D eigenvalue weighted by atomic mass is 16.6. The molecule has 0 aromatic carbocycles. The van der Waals surface area contributed by atoms with Crippen LogP contribution in [0, 0.1) is 0 Å². The molecule has 0 bridgehead atoms. The summed E-state index contributed by atoms with van der Waals surface area (Å²) in [5.74, 6) is -1.58. The maximum absolute atomic E-state index is 12.8. The Morgan fingerprint density at radius 2 is 1.18 bits per heavy atom. The van der Waals surface area contributed by atoms with Crippen LogP contribution in [0.2, 0.25) is 0 Å². The van der Waals surface area contributed by atoms with E-state index >= 15 is 0 Å². The molecule has 1 fully saturated rings. The van der Waals surface area contributed by atoms with Crippen LogP contribution in [0.15, 0.2) is 0 Å². The van der Waals surface area contributed by atoms with E-state index in [1.807, 2.05) is 27.7 Å². The first-order chi connectivity index (χ1) is 18.8. The number of carbonyl (C=O) groups is 4. The van der Waals surface area contributed by atoms with Crippen molar-refractivity contribution in [2.75, 3.05) is 13.2 Å². The van der Waals surface area contributed by atoms with E-state index in [9.17, 15) is 19.2 Å². The van der Waals surface area contributed by atoms with Crippen LogP contribution in [0.3, 0.4) is 0 Å². The maximum atomic E-state index is 12.8. The number of esters is 4. The number of piperidine rings is 1. The Kier molecular flexibility index (Phi) is 17.7. The first-order valence-electron chi connectivity index (χ1n) is 15.3. The number of ether oxygens (including phenoxy) is 4. The number of hydrogen-bond acceptors (Lipinski definition) is 9. The van der Waals surface area contributed by atoms with Crippen molar-refractivity contribution in [3.8, 4) is 0 Å². The summed E-state index contributed by atoms with van der Waals surface area (Å²) >= 11 is 0. The number of unbranched alkanes of at least 4 members (excludes halogenated alkanes) is 2. The molecule has 1 unspecified atom stereocenters. The van der Waals surface area contributed by atoms with Crippen molar-refractivity contribution in [3.63, 3.8) is 0 Å². The van der Waals surface area contributed by atoms with Gasteiger partial charge in [-0.05, 0) is 38.5 Å². The topological polar surface area (TPSA) is 108 Å². The molecule has 1 saturated heterocycles. The third kappa shape index (κ3) is 12.3. The third-order valence-corrected chi connectivity index (χ3v) is 7.02. The van der Waals surface area contributed by atoms with Crippen molar-refractivity contribution < 1.29 is 38.1 Å². The van der Waals surface area contributed by atoms with Gasteiger partial charge in [0.05, 0.1) is 6.04 Å². The molecule has 226 valence electrons. The Hall–Kier alpha value is -2.16. The van der Waals surface area contributed by atoms with Gasteiger partial charge < -0.3 is 18.9 Å². The Bertz CT molecular complexity index is 742. The lowest BCUT2D eigenvalue weighted by Gasteiger charge is -2.49. The Labute approximate surface area is 235 Å². The van der Waals surface area contributed by atoms with E-state index in [1.165, 1.54) is 0 Å². The fourth-order valence-corrected chi connectivity index (χ4v) is 5.02. The minimum absolute atomic E-state index is 0.00929. The van der Waals surface area contributed by atoms with E-state index in [-0.39, 0.29) is 50.3 Å².